The second-order valence-corrected chi connectivity index (χ2v) is 7.87. The van der Waals surface area contributed by atoms with Crippen LogP contribution in [0.25, 0.3) is 0 Å². The summed E-state index contributed by atoms with van der Waals surface area (Å²) in [6, 6.07) is 8.96. The van der Waals surface area contributed by atoms with Crippen molar-refractivity contribution in [2.75, 3.05) is 26.7 Å². The minimum atomic E-state index is -0.120. The number of benzene rings is 1. The van der Waals surface area contributed by atoms with Crippen molar-refractivity contribution in [3.63, 3.8) is 0 Å². The van der Waals surface area contributed by atoms with Crippen LogP contribution in [-0.2, 0) is 9.53 Å². The first kappa shape index (κ1) is 18.2. The molecule has 1 aromatic rings. The molecule has 1 saturated heterocycles. The lowest BCUT2D eigenvalue weighted by Crippen LogP contribution is -2.42. The Morgan fingerprint density at radius 2 is 2.08 bits per heavy atom. The maximum atomic E-state index is 11.9. The van der Waals surface area contributed by atoms with E-state index in [0.29, 0.717) is 18.5 Å². The van der Waals surface area contributed by atoms with Crippen LogP contribution in [0.1, 0.15) is 31.7 Å². The zero-order valence-electron chi connectivity index (χ0n) is 15.0. The third-order valence-electron chi connectivity index (χ3n) is 5.13. The predicted molar refractivity (Wildman–Crippen MR) is 103 cm³/mol. The van der Waals surface area contributed by atoms with E-state index in [1.165, 1.54) is 12.7 Å². The Morgan fingerprint density at radius 1 is 1.36 bits per heavy atom. The first-order valence-corrected chi connectivity index (χ1v) is 9.72. The van der Waals surface area contributed by atoms with E-state index in [0.717, 1.165) is 29.9 Å². The minimum absolute atomic E-state index is 0.0738. The lowest BCUT2D eigenvalue weighted by Gasteiger charge is -2.22. The molecule has 25 heavy (non-hydrogen) atoms. The molecule has 3 rings (SSSR count). The number of hydrogen-bond acceptors (Lipinski definition) is 3. The molecule has 1 saturated carbocycles. The molecule has 0 radical (unpaired) electrons. The number of aliphatic imine (C=N–C) groups is 1. The maximum absolute atomic E-state index is 11.9. The van der Waals surface area contributed by atoms with Crippen LogP contribution in [0, 0.1) is 11.8 Å². The van der Waals surface area contributed by atoms with E-state index in [9.17, 15) is 4.79 Å². The molecule has 0 amide bonds. The Labute approximate surface area is 158 Å². The first-order valence-electron chi connectivity index (χ1n) is 8.92. The number of carbonyl (C=O) groups excluding carboxylic acids is 1. The smallest absolute Gasteiger partial charge is 0.310 e. The number of nitrogens with zero attached hydrogens (tertiary/aromatic N) is 2. The van der Waals surface area contributed by atoms with Gasteiger partial charge in [-0.2, -0.15) is 0 Å². The van der Waals surface area contributed by atoms with Gasteiger partial charge in [-0.15, -0.1) is 0 Å². The molecule has 136 valence electrons. The van der Waals surface area contributed by atoms with Crippen molar-refractivity contribution in [3.05, 3.63) is 34.3 Å². The fraction of sp³-hybridized carbons (Fsp3) is 0.579. The van der Waals surface area contributed by atoms with E-state index in [1.807, 2.05) is 6.92 Å². The zero-order chi connectivity index (χ0) is 18.0. The summed E-state index contributed by atoms with van der Waals surface area (Å²) in [6.07, 6.45) is 1.12. The molecular formula is C19H26BrN3O2. The molecule has 4 atom stereocenters. The first-order chi connectivity index (χ1) is 12.0. The summed E-state index contributed by atoms with van der Waals surface area (Å²) < 4.78 is 6.05. The summed E-state index contributed by atoms with van der Waals surface area (Å²) >= 11 is 3.49. The van der Waals surface area contributed by atoms with Gasteiger partial charge in [0.05, 0.1) is 13.0 Å². The monoisotopic (exact) mass is 407 g/mol. The van der Waals surface area contributed by atoms with Crippen molar-refractivity contribution >= 4 is 27.9 Å². The summed E-state index contributed by atoms with van der Waals surface area (Å²) in [5.74, 6) is 1.54. The number of ether oxygens (including phenoxy) is 1. The van der Waals surface area contributed by atoms with E-state index < -0.39 is 0 Å². The van der Waals surface area contributed by atoms with Crippen LogP contribution >= 0.6 is 15.9 Å². The van der Waals surface area contributed by atoms with Gasteiger partial charge in [0.15, 0.2) is 5.96 Å². The topological polar surface area (TPSA) is 53.9 Å². The van der Waals surface area contributed by atoms with Gasteiger partial charge in [0.2, 0.25) is 0 Å². The number of rotatable bonds is 4. The second kappa shape index (κ2) is 7.77. The van der Waals surface area contributed by atoms with Crippen LogP contribution in [0.15, 0.2) is 33.7 Å². The molecule has 1 N–H and O–H groups in total. The van der Waals surface area contributed by atoms with Gasteiger partial charge in [-0.05, 0) is 37.0 Å². The van der Waals surface area contributed by atoms with Crippen LogP contribution in [0.2, 0.25) is 0 Å². The highest BCUT2D eigenvalue weighted by atomic mass is 79.9. The number of halogens is 1. The predicted octanol–water partition coefficient (Wildman–Crippen LogP) is 3.01. The molecule has 6 heteroatoms. The van der Waals surface area contributed by atoms with Crippen LogP contribution in [0.4, 0.5) is 0 Å². The van der Waals surface area contributed by atoms with E-state index in [1.54, 1.807) is 0 Å². The molecule has 1 aliphatic carbocycles. The third-order valence-corrected chi connectivity index (χ3v) is 5.66. The summed E-state index contributed by atoms with van der Waals surface area (Å²) in [5, 5.41) is 3.61. The standard InChI is InChI=1S/C19H26BrN3O2/c1-4-21-19(23-10-12(2)16(11-23)18(24)25-3)22-17-9-15(17)13-5-7-14(20)8-6-13/h5-8,12,15-17H,4,9-11H2,1-3H3,(H,21,22). The lowest BCUT2D eigenvalue weighted by atomic mass is 9.99. The van der Waals surface area contributed by atoms with Gasteiger partial charge in [0.25, 0.3) is 0 Å². The average molecular weight is 408 g/mol. The van der Waals surface area contributed by atoms with E-state index in [2.05, 4.69) is 62.3 Å². The average Bonchev–Trinajstić information content (AvgIpc) is 3.26. The normalized spacial score (nSPS) is 28.8. The molecule has 1 aromatic carbocycles. The Morgan fingerprint density at radius 3 is 2.72 bits per heavy atom. The maximum Gasteiger partial charge on any atom is 0.310 e. The van der Waals surface area contributed by atoms with Crippen LogP contribution in [0.3, 0.4) is 0 Å². The van der Waals surface area contributed by atoms with Gasteiger partial charge in [-0.25, -0.2) is 0 Å². The Kier molecular flexibility index (Phi) is 5.67. The molecule has 4 unspecified atom stereocenters. The number of guanidine groups is 1. The molecule has 0 aromatic heterocycles. The minimum Gasteiger partial charge on any atom is -0.469 e. The SMILES string of the molecule is CCN=C(NC1CC1c1ccc(Br)cc1)N1CC(C)C(C(=O)OC)C1. The van der Waals surface area contributed by atoms with Gasteiger partial charge in [-0.1, -0.05) is 35.0 Å². The Hall–Kier alpha value is -1.56. The number of likely N-dealkylation sites (tertiary alicyclic amines) is 1. The third kappa shape index (κ3) is 4.17. The number of carbonyl (C=O) groups is 1. The highest BCUT2D eigenvalue weighted by molar-refractivity contribution is 9.10. The molecule has 2 fully saturated rings. The fourth-order valence-electron chi connectivity index (χ4n) is 3.58. The molecule has 0 bridgehead atoms. The highest BCUT2D eigenvalue weighted by Gasteiger charge is 2.42. The van der Waals surface area contributed by atoms with Crippen LogP contribution < -0.4 is 5.32 Å². The molecule has 2 aliphatic rings. The van der Waals surface area contributed by atoms with Gasteiger partial charge in [-0.3, -0.25) is 9.79 Å². The van der Waals surface area contributed by atoms with Crippen molar-refractivity contribution < 1.29 is 9.53 Å². The molecule has 0 spiro atoms. The number of hydrogen-bond donors (Lipinski definition) is 1. The van der Waals surface area contributed by atoms with Crippen LogP contribution in [0.5, 0.6) is 0 Å². The summed E-state index contributed by atoms with van der Waals surface area (Å²) in [4.78, 5) is 18.8. The van der Waals surface area contributed by atoms with E-state index in [4.69, 9.17) is 4.74 Å². The quantitative estimate of drug-likeness (QED) is 0.473. The Balaban J connectivity index is 1.63. The van der Waals surface area contributed by atoms with Crippen molar-refractivity contribution in [3.8, 4) is 0 Å². The number of esters is 1. The van der Waals surface area contributed by atoms with Crippen molar-refractivity contribution in [1.29, 1.82) is 0 Å². The largest absolute Gasteiger partial charge is 0.469 e. The summed E-state index contributed by atoms with van der Waals surface area (Å²) in [5.41, 5.74) is 1.36. The Bertz CT molecular complexity index is 647. The van der Waals surface area contributed by atoms with Gasteiger partial charge in [0.1, 0.15) is 0 Å². The zero-order valence-corrected chi connectivity index (χ0v) is 16.6. The molecule has 1 heterocycles. The van der Waals surface area contributed by atoms with Crippen molar-refractivity contribution in [2.45, 2.75) is 32.2 Å². The highest BCUT2D eigenvalue weighted by Crippen LogP contribution is 2.41. The van der Waals surface area contributed by atoms with Crippen molar-refractivity contribution in [1.82, 2.24) is 10.2 Å². The lowest BCUT2D eigenvalue weighted by molar-refractivity contribution is -0.145. The number of nitrogens with one attached hydrogen (secondary N) is 1. The van der Waals surface area contributed by atoms with Crippen molar-refractivity contribution in [2.24, 2.45) is 16.8 Å². The fourth-order valence-corrected chi connectivity index (χ4v) is 3.85. The number of methoxy groups -OCH3 is 1. The van der Waals surface area contributed by atoms with E-state index in [-0.39, 0.29) is 17.8 Å². The molecular weight excluding hydrogens is 382 g/mol. The summed E-state index contributed by atoms with van der Waals surface area (Å²) in [6.45, 7) is 6.38. The van der Waals surface area contributed by atoms with Gasteiger partial charge >= 0.3 is 5.97 Å². The van der Waals surface area contributed by atoms with Gasteiger partial charge < -0.3 is 15.0 Å². The van der Waals surface area contributed by atoms with Crippen LogP contribution in [-0.4, -0.2) is 49.6 Å². The summed E-state index contributed by atoms with van der Waals surface area (Å²) in [7, 11) is 1.46. The van der Waals surface area contributed by atoms with Gasteiger partial charge in [0, 0.05) is 36.1 Å². The second-order valence-electron chi connectivity index (χ2n) is 6.95. The molecule has 1 aliphatic heterocycles. The van der Waals surface area contributed by atoms with E-state index >= 15 is 0 Å². The molecule has 5 nitrogen and oxygen atoms in total.